The SMILES string of the molecule is CN(CC(F)(F)F)c1c(N)cnc2ccccc12. The van der Waals surface area contributed by atoms with Gasteiger partial charge in [0.05, 0.1) is 23.1 Å². The zero-order chi connectivity index (χ0) is 13.3. The number of nitrogen functional groups attached to an aromatic ring is 1. The van der Waals surface area contributed by atoms with Crippen molar-refractivity contribution >= 4 is 22.3 Å². The van der Waals surface area contributed by atoms with Gasteiger partial charge in [0.1, 0.15) is 6.54 Å². The van der Waals surface area contributed by atoms with Crippen LogP contribution >= 0.6 is 0 Å². The second kappa shape index (κ2) is 4.36. The van der Waals surface area contributed by atoms with Crippen molar-refractivity contribution < 1.29 is 13.2 Å². The zero-order valence-corrected chi connectivity index (χ0v) is 9.70. The fourth-order valence-corrected chi connectivity index (χ4v) is 1.92. The number of hydrogen-bond donors (Lipinski definition) is 1. The molecule has 1 aromatic carbocycles. The number of anilines is 2. The van der Waals surface area contributed by atoms with Crippen LogP contribution in [0.2, 0.25) is 0 Å². The van der Waals surface area contributed by atoms with Gasteiger partial charge in [-0.1, -0.05) is 18.2 Å². The maximum atomic E-state index is 12.4. The standard InChI is InChI=1S/C12H12F3N3/c1-18(7-12(13,14)15)11-8-4-2-3-5-10(8)17-6-9(11)16/h2-6H,7,16H2,1H3. The molecular weight excluding hydrogens is 243 g/mol. The van der Waals surface area contributed by atoms with Crippen LogP contribution in [0.5, 0.6) is 0 Å². The molecule has 0 fully saturated rings. The predicted molar refractivity (Wildman–Crippen MR) is 65.5 cm³/mol. The third kappa shape index (κ3) is 2.47. The molecule has 3 nitrogen and oxygen atoms in total. The molecule has 0 saturated heterocycles. The Hall–Kier alpha value is -1.98. The summed E-state index contributed by atoms with van der Waals surface area (Å²) in [6, 6.07) is 6.97. The first-order chi connectivity index (χ1) is 8.38. The van der Waals surface area contributed by atoms with Gasteiger partial charge in [-0.05, 0) is 6.07 Å². The lowest BCUT2D eigenvalue weighted by Gasteiger charge is -2.23. The first-order valence-corrected chi connectivity index (χ1v) is 5.29. The van der Waals surface area contributed by atoms with Crippen LogP contribution in [0.25, 0.3) is 10.9 Å². The number of nitrogens with zero attached hydrogens (tertiary/aromatic N) is 2. The average molecular weight is 255 g/mol. The van der Waals surface area contributed by atoms with E-state index in [1.165, 1.54) is 13.2 Å². The van der Waals surface area contributed by atoms with Crippen LogP contribution < -0.4 is 10.6 Å². The fourth-order valence-electron chi connectivity index (χ4n) is 1.92. The summed E-state index contributed by atoms with van der Waals surface area (Å²) in [5.74, 6) is 0. The number of benzene rings is 1. The Bertz CT molecular complexity index is 566. The maximum Gasteiger partial charge on any atom is 0.405 e. The first kappa shape index (κ1) is 12.5. The van der Waals surface area contributed by atoms with Gasteiger partial charge in [-0.2, -0.15) is 13.2 Å². The van der Waals surface area contributed by atoms with Crippen LogP contribution in [0.1, 0.15) is 0 Å². The summed E-state index contributed by atoms with van der Waals surface area (Å²) in [5.41, 5.74) is 6.95. The Labute approximate surface area is 102 Å². The molecule has 1 aromatic heterocycles. The maximum absolute atomic E-state index is 12.4. The molecule has 0 bridgehead atoms. The topological polar surface area (TPSA) is 42.1 Å². The van der Waals surface area contributed by atoms with E-state index in [0.717, 1.165) is 4.90 Å². The molecule has 0 unspecified atom stereocenters. The Morgan fingerprint density at radius 2 is 1.94 bits per heavy atom. The molecule has 2 N–H and O–H groups in total. The van der Waals surface area contributed by atoms with Gasteiger partial charge in [0.25, 0.3) is 0 Å². The molecule has 0 radical (unpaired) electrons. The number of aromatic nitrogens is 1. The minimum atomic E-state index is -4.27. The highest BCUT2D eigenvalue weighted by Gasteiger charge is 2.30. The number of hydrogen-bond acceptors (Lipinski definition) is 3. The third-order valence-corrected chi connectivity index (χ3v) is 2.57. The van der Waals surface area contributed by atoms with Crippen LogP contribution in [0.15, 0.2) is 30.5 Å². The first-order valence-electron chi connectivity index (χ1n) is 5.29. The summed E-state index contributed by atoms with van der Waals surface area (Å²) in [6.07, 6.45) is -2.89. The Morgan fingerprint density at radius 3 is 2.61 bits per heavy atom. The zero-order valence-electron chi connectivity index (χ0n) is 9.70. The third-order valence-electron chi connectivity index (χ3n) is 2.57. The largest absolute Gasteiger partial charge is 0.405 e. The van der Waals surface area contributed by atoms with E-state index in [0.29, 0.717) is 16.6 Å². The van der Waals surface area contributed by atoms with E-state index < -0.39 is 12.7 Å². The molecule has 2 rings (SSSR count). The number of rotatable bonds is 2. The Balaban J connectivity index is 2.52. The van der Waals surface area contributed by atoms with Crippen LogP contribution in [-0.4, -0.2) is 24.8 Å². The number of alkyl halides is 3. The highest BCUT2D eigenvalue weighted by molar-refractivity contribution is 5.97. The molecule has 6 heteroatoms. The lowest BCUT2D eigenvalue weighted by Crippen LogP contribution is -2.31. The molecule has 0 aliphatic rings. The second-order valence-corrected chi connectivity index (χ2v) is 4.05. The molecule has 0 atom stereocenters. The number of halogens is 3. The van der Waals surface area contributed by atoms with Gasteiger partial charge in [-0.15, -0.1) is 0 Å². The normalized spacial score (nSPS) is 11.8. The van der Waals surface area contributed by atoms with Crippen LogP contribution in [0.4, 0.5) is 24.5 Å². The van der Waals surface area contributed by atoms with Crippen LogP contribution in [-0.2, 0) is 0 Å². The molecule has 0 aliphatic heterocycles. The summed E-state index contributed by atoms with van der Waals surface area (Å²) in [5, 5.41) is 0.615. The lowest BCUT2D eigenvalue weighted by molar-refractivity contribution is -0.119. The van der Waals surface area contributed by atoms with Crippen molar-refractivity contribution in [2.45, 2.75) is 6.18 Å². The Kier molecular flexibility index (Phi) is 3.02. The van der Waals surface area contributed by atoms with E-state index >= 15 is 0 Å². The Morgan fingerprint density at radius 1 is 1.28 bits per heavy atom. The molecular formula is C12H12F3N3. The smallest absolute Gasteiger partial charge is 0.396 e. The summed E-state index contributed by atoms with van der Waals surface area (Å²) in [4.78, 5) is 5.18. The van der Waals surface area contributed by atoms with Gasteiger partial charge in [0.2, 0.25) is 0 Å². The van der Waals surface area contributed by atoms with Crippen molar-refractivity contribution in [2.75, 3.05) is 24.2 Å². The molecule has 0 saturated carbocycles. The lowest BCUT2D eigenvalue weighted by atomic mass is 10.1. The van der Waals surface area contributed by atoms with Crippen molar-refractivity contribution in [3.63, 3.8) is 0 Å². The molecule has 1 heterocycles. The van der Waals surface area contributed by atoms with Gasteiger partial charge in [0.15, 0.2) is 0 Å². The van der Waals surface area contributed by atoms with E-state index in [4.69, 9.17) is 5.73 Å². The summed E-state index contributed by atoms with van der Waals surface area (Å²) in [7, 11) is 1.37. The molecule has 0 spiro atoms. The number of pyridine rings is 1. The molecule has 0 aliphatic carbocycles. The van der Waals surface area contributed by atoms with Crippen molar-refractivity contribution in [3.8, 4) is 0 Å². The van der Waals surface area contributed by atoms with Crippen LogP contribution in [0.3, 0.4) is 0 Å². The van der Waals surface area contributed by atoms with Gasteiger partial charge in [-0.25, -0.2) is 0 Å². The van der Waals surface area contributed by atoms with E-state index in [1.807, 2.05) is 0 Å². The van der Waals surface area contributed by atoms with Crippen molar-refractivity contribution in [3.05, 3.63) is 30.5 Å². The van der Waals surface area contributed by atoms with E-state index in [2.05, 4.69) is 4.98 Å². The van der Waals surface area contributed by atoms with Crippen molar-refractivity contribution in [1.82, 2.24) is 4.98 Å². The summed E-state index contributed by atoms with van der Waals surface area (Å²) >= 11 is 0. The molecule has 96 valence electrons. The van der Waals surface area contributed by atoms with Gasteiger partial charge in [0, 0.05) is 12.4 Å². The molecule has 0 amide bonds. The number of para-hydroxylation sites is 1. The predicted octanol–water partition coefficient (Wildman–Crippen LogP) is 2.82. The van der Waals surface area contributed by atoms with Gasteiger partial charge >= 0.3 is 6.18 Å². The van der Waals surface area contributed by atoms with Gasteiger partial charge in [-0.3, -0.25) is 4.98 Å². The number of nitrogens with two attached hydrogens (primary N) is 1. The van der Waals surface area contributed by atoms with E-state index in [9.17, 15) is 13.2 Å². The highest BCUT2D eigenvalue weighted by atomic mass is 19.4. The van der Waals surface area contributed by atoms with Crippen molar-refractivity contribution in [1.29, 1.82) is 0 Å². The molecule has 18 heavy (non-hydrogen) atoms. The minimum absolute atomic E-state index is 0.237. The molecule has 2 aromatic rings. The fraction of sp³-hybridized carbons (Fsp3) is 0.250. The van der Waals surface area contributed by atoms with Crippen molar-refractivity contribution in [2.24, 2.45) is 0 Å². The van der Waals surface area contributed by atoms with Gasteiger partial charge < -0.3 is 10.6 Å². The second-order valence-electron chi connectivity index (χ2n) is 4.05. The highest BCUT2D eigenvalue weighted by Crippen LogP contribution is 2.32. The van der Waals surface area contributed by atoms with E-state index in [1.54, 1.807) is 24.3 Å². The summed E-state index contributed by atoms with van der Waals surface area (Å²) in [6.45, 7) is -1.05. The summed E-state index contributed by atoms with van der Waals surface area (Å²) < 4.78 is 37.3. The monoisotopic (exact) mass is 255 g/mol. The van der Waals surface area contributed by atoms with E-state index in [-0.39, 0.29) is 5.69 Å². The average Bonchev–Trinajstić information content (AvgIpc) is 2.26. The number of fused-ring (bicyclic) bond motifs is 1. The van der Waals surface area contributed by atoms with Crippen LogP contribution in [0, 0.1) is 0 Å². The minimum Gasteiger partial charge on any atom is -0.396 e. The quantitative estimate of drug-likeness (QED) is 0.897.